The van der Waals surface area contributed by atoms with Crippen molar-refractivity contribution in [1.82, 2.24) is 4.98 Å². The van der Waals surface area contributed by atoms with Gasteiger partial charge in [-0.3, -0.25) is 4.79 Å². The molecule has 1 aromatic heterocycles. The Balaban J connectivity index is 2.19. The Morgan fingerprint density at radius 3 is 2.70 bits per heavy atom. The topological polar surface area (TPSA) is 101 Å². The fraction of sp³-hybridized carbons (Fsp3) is 0.143. The van der Waals surface area contributed by atoms with Crippen LogP contribution in [-0.4, -0.2) is 18.2 Å². The van der Waals surface area contributed by atoms with E-state index >= 15 is 0 Å². The number of nitrogens with zero attached hydrogens (tertiary/aromatic N) is 1. The Hall–Kier alpha value is -2.94. The third-order valence-electron chi connectivity index (χ3n) is 3.02. The van der Waals surface area contributed by atoms with Crippen LogP contribution in [0.5, 0.6) is 11.5 Å². The second kappa shape index (κ2) is 4.63. The molecule has 3 rings (SSSR count). The average Bonchev–Trinajstić information content (AvgIpc) is 2.46. The van der Waals surface area contributed by atoms with Crippen LogP contribution < -0.4 is 20.8 Å². The van der Waals surface area contributed by atoms with Crippen LogP contribution in [0.15, 0.2) is 29.1 Å². The van der Waals surface area contributed by atoms with E-state index < -0.39 is 5.56 Å². The van der Waals surface area contributed by atoms with Crippen molar-refractivity contribution in [3.63, 3.8) is 0 Å². The van der Waals surface area contributed by atoms with Crippen LogP contribution in [0, 0.1) is 11.3 Å². The van der Waals surface area contributed by atoms with Gasteiger partial charge in [0.05, 0.1) is 0 Å². The van der Waals surface area contributed by atoms with Crippen LogP contribution in [-0.2, 0) is 0 Å². The Morgan fingerprint density at radius 2 is 1.95 bits per heavy atom. The fourth-order valence-electron chi connectivity index (χ4n) is 2.13. The summed E-state index contributed by atoms with van der Waals surface area (Å²) >= 11 is 0. The molecule has 0 saturated heterocycles. The first-order chi connectivity index (χ1) is 9.69. The molecule has 1 aliphatic heterocycles. The summed E-state index contributed by atoms with van der Waals surface area (Å²) in [5, 5.41) is 9.12. The van der Waals surface area contributed by atoms with E-state index in [1.165, 1.54) is 0 Å². The molecule has 3 N–H and O–H groups in total. The quantitative estimate of drug-likeness (QED) is 0.811. The van der Waals surface area contributed by atoms with Gasteiger partial charge in [0.15, 0.2) is 11.5 Å². The number of ether oxygens (including phenoxy) is 2. The van der Waals surface area contributed by atoms with Crippen LogP contribution in [0.25, 0.3) is 11.1 Å². The maximum atomic E-state index is 11.7. The number of fused-ring (bicyclic) bond motifs is 1. The van der Waals surface area contributed by atoms with Crippen molar-refractivity contribution in [2.45, 2.75) is 0 Å². The van der Waals surface area contributed by atoms with E-state index in [0.29, 0.717) is 35.8 Å². The van der Waals surface area contributed by atoms with Gasteiger partial charge in [0.1, 0.15) is 30.7 Å². The number of nitriles is 1. The highest BCUT2D eigenvalue weighted by Gasteiger charge is 2.15. The zero-order chi connectivity index (χ0) is 14.1. The van der Waals surface area contributed by atoms with Crippen molar-refractivity contribution >= 4 is 5.82 Å². The molecule has 2 heterocycles. The molecule has 0 bridgehead atoms. The van der Waals surface area contributed by atoms with Crippen molar-refractivity contribution in [3.05, 3.63) is 40.2 Å². The summed E-state index contributed by atoms with van der Waals surface area (Å²) in [6.07, 6.45) is 0. The molecule has 0 radical (unpaired) electrons. The van der Waals surface area contributed by atoms with Gasteiger partial charge in [-0.1, -0.05) is 6.07 Å². The second-order valence-electron chi connectivity index (χ2n) is 4.31. The number of nitrogens with two attached hydrogens (primary N) is 1. The molecule has 0 saturated carbocycles. The molecule has 6 heteroatoms. The minimum Gasteiger partial charge on any atom is -0.486 e. The number of nitrogen functional groups attached to an aromatic ring is 1. The lowest BCUT2D eigenvalue weighted by molar-refractivity contribution is 0.171. The maximum absolute atomic E-state index is 11.7. The van der Waals surface area contributed by atoms with Crippen LogP contribution >= 0.6 is 0 Å². The summed E-state index contributed by atoms with van der Waals surface area (Å²) in [6, 6.07) is 8.72. The van der Waals surface area contributed by atoms with Gasteiger partial charge >= 0.3 is 0 Å². The Labute approximate surface area is 114 Å². The lowest BCUT2D eigenvalue weighted by atomic mass is 10.0. The molecular formula is C14H11N3O3. The number of H-pyrrole nitrogens is 1. The Bertz CT molecular complexity index is 774. The first-order valence-electron chi connectivity index (χ1n) is 6.02. The van der Waals surface area contributed by atoms with E-state index in [0.717, 1.165) is 0 Å². The van der Waals surface area contributed by atoms with Gasteiger partial charge in [-0.15, -0.1) is 0 Å². The molecule has 0 fully saturated rings. The van der Waals surface area contributed by atoms with Crippen molar-refractivity contribution < 1.29 is 9.47 Å². The summed E-state index contributed by atoms with van der Waals surface area (Å²) in [5.41, 5.74) is 6.32. The van der Waals surface area contributed by atoms with Gasteiger partial charge in [0, 0.05) is 5.56 Å². The monoisotopic (exact) mass is 269 g/mol. The smallest absolute Gasteiger partial charge is 0.268 e. The van der Waals surface area contributed by atoms with Crippen molar-refractivity contribution in [3.8, 4) is 28.7 Å². The fourth-order valence-corrected chi connectivity index (χ4v) is 2.13. The minimum absolute atomic E-state index is 0.0240. The zero-order valence-electron chi connectivity index (χ0n) is 10.5. The Morgan fingerprint density at radius 1 is 1.20 bits per heavy atom. The predicted octanol–water partition coefficient (Wildman–Crippen LogP) is 1.27. The Kier molecular flexibility index (Phi) is 2.80. The van der Waals surface area contributed by atoms with Gasteiger partial charge in [0.25, 0.3) is 5.56 Å². The van der Waals surface area contributed by atoms with Crippen LogP contribution in [0.2, 0.25) is 0 Å². The first kappa shape index (κ1) is 12.1. The number of rotatable bonds is 1. The SMILES string of the molecule is N#Cc1c(-c2ccc3c(c2)OCCO3)cc(N)[nH]c1=O. The summed E-state index contributed by atoms with van der Waals surface area (Å²) in [4.78, 5) is 14.1. The average molecular weight is 269 g/mol. The van der Waals surface area contributed by atoms with Crippen molar-refractivity contribution in [2.75, 3.05) is 18.9 Å². The van der Waals surface area contributed by atoms with Crippen molar-refractivity contribution in [1.29, 1.82) is 5.26 Å². The molecule has 6 nitrogen and oxygen atoms in total. The van der Waals surface area contributed by atoms with Crippen LogP contribution in [0.1, 0.15) is 5.56 Å². The molecule has 2 aromatic rings. The molecule has 0 unspecified atom stereocenters. The minimum atomic E-state index is -0.502. The van der Waals surface area contributed by atoms with E-state index in [9.17, 15) is 4.79 Å². The highest BCUT2D eigenvalue weighted by atomic mass is 16.6. The summed E-state index contributed by atoms with van der Waals surface area (Å²) < 4.78 is 10.9. The van der Waals surface area contributed by atoms with Gasteiger partial charge in [-0.25, -0.2) is 0 Å². The molecular weight excluding hydrogens is 258 g/mol. The third kappa shape index (κ3) is 1.95. The molecule has 1 aromatic carbocycles. The van der Waals surface area contributed by atoms with Gasteiger partial charge < -0.3 is 20.2 Å². The normalized spacial score (nSPS) is 12.8. The largest absolute Gasteiger partial charge is 0.486 e. The lowest BCUT2D eigenvalue weighted by Gasteiger charge is -2.19. The molecule has 0 amide bonds. The third-order valence-corrected chi connectivity index (χ3v) is 3.02. The number of aromatic amines is 1. The van der Waals surface area contributed by atoms with Gasteiger partial charge in [-0.2, -0.15) is 5.26 Å². The van der Waals surface area contributed by atoms with Gasteiger partial charge in [-0.05, 0) is 23.8 Å². The number of benzene rings is 1. The molecule has 0 spiro atoms. The number of aromatic nitrogens is 1. The van der Waals surface area contributed by atoms with E-state index in [2.05, 4.69) is 4.98 Å². The highest BCUT2D eigenvalue weighted by molar-refractivity contribution is 5.74. The molecule has 0 aliphatic carbocycles. The first-order valence-corrected chi connectivity index (χ1v) is 6.02. The molecule has 1 aliphatic rings. The summed E-state index contributed by atoms with van der Waals surface area (Å²) in [7, 11) is 0. The highest BCUT2D eigenvalue weighted by Crippen LogP contribution is 2.35. The zero-order valence-corrected chi connectivity index (χ0v) is 10.5. The van der Waals surface area contributed by atoms with E-state index in [-0.39, 0.29) is 11.4 Å². The standard InChI is InChI=1S/C14H11N3O3/c15-7-10-9(6-13(16)17-14(10)18)8-1-2-11-12(5-8)20-4-3-19-11/h1-2,5-6H,3-4H2,(H3,16,17,18). The molecule has 100 valence electrons. The summed E-state index contributed by atoms with van der Waals surface area (Å²) in [6.45, 7) is 0.979. The van der Waals surface area contributed by atoms with Crippen molar-refractivity contribution in [2.24, 2.45) is 0 Å². The number of pyridine rings is 1. The van der Waals surface area contributed by atoms with Crippen LogP contribution in [0.4, 0.5) is 5.82 Å². The number of nitrogens with one attached hydrogen (secondary N) is 1. The van der Waals surface area contributed by atoms with E-state index in [1.54, 1.807) is 24.3 Å². The number of hydrogen-bond donors (Lipinski definition) is 2. The molecule has 20 heavy (non-hydrogen) atoms. The maximum Gasteiger partial charge on any atom is 0.268 e. The van der Waals surface area contributed by atoms with Gasteiger partial charge in [0.2, 0.25) is 0 Å². The summed E-state index contributed by atoms with van der Waals surface area (Å²) in [5.74, 6) is 1.45. The molecule has 0 atom stereocenters. The van der Waals surface area contributed by atoms with E-state index in [4.69, 9.17) is 20.5 Å². The number of hydrogen-bond acceptors (Lipinski definition) is 5. The lowest BCUT2D eigenvalue weighted by Crippen LogP contribution is -2.16. The van der Waals surface area contributed by atoms with Crippen LogP contribution in [0.3, 0.4) is 0 Å². The van der Waals surface area contributed by atoms with E-state index in [1.807, 2.05) is 6.07 Å². The second-order valence-corrected chi connectivity index (χ2v) is 4.31. The predicted molar refractivity (Wildman–Crippen MR) is 72.6 cm³/mol. The number of anilines is 1.